The average Bonchev–Trinajstić information content (AvgIpc) is 3.67. The van der Waals surface area contributed by atoms with E-state index in [0.717, 1.165) is 35.8 Å². The molecule has 0 unspecified atom stereocenters. The van der Waals surface area contributed by atoms with Gasteiger partial charge in [-0.15, -0.1) is 23.5 Å². The van der Waals surface area contributed by atoms with E-state index in [2.05, 4.69) is 10.0 Å². The second kappa shape index (κ2) is 16.3. The molecule has 1 saturated carbocycles. The number of esters is 3. The van der Waals surface area contributed by atoms with Gasteiger partial charge in [-0.2, -0.15) is 0 Å². The Balaban J connectivity index is 1.38. The van der Waals surface area contributed by atoms with Gasteiger partial charge in [0.2, 0.25) is 0 Å². The normalized spacial score (nSPS) is 29.2. The van der Waals surface area contributed by atoms with Crippen molar-refractivity contribution in [2.75, 3.05) is 18.1 Å². The Bertz CT molecular complexity index is 1700. The number of ether oxygens (including phenoxy) is 6. The van der Waals surface area contributed by atoms with Crippen molar-refractivity contribution in [3.8, 4) is 0 Å². The lowest BCUT2D eigenvalue weighted by molar-refractivity contribution is -0.298. The number of carbonyl (C=O) groups is 5. The molecule has 6 rings (SSSR count). The van der Waals surface area contributed by atoms with Crippen LogP contribution in [0.2, 0.25) is 0 Å². The maximum atomic E-state index is 14.0. The van der Waals surface area contributed by atoms with E-state index in [0.29, 0.717) is 13.0 Å². The summed E-state index contributed by atoms with van der Waals surface area (Å²) in [5, 5.41) is 4.16. The second-order valence-electron chi connectivity index (χ2n) is 12.7. The number of hydrogen-bond acceptors (Lipinski definition) is 14. The SMILES string of the molecule is CC(=O)OC[C@H]1O[C@H](O[C@@H]2C[C@@H](N=[N+]=[N-])[C@H](OCc3ccccc3)C3(C2)SCCS3)[C@H](N2C(=O)c3ccccc3C2=O)[C@@H](OC(C)=O)[C@@H]1OC(C)=O. The average molecular weight is 755 g/mol. The molecule has 0 aromatic heterocycles. The Morgan fingerprint density at radius 3 is 2.13 bits per heavy atom. The van der Waals surface area contributed by atoms with Gasteiger partial charge >= 0.3 is 17.9 Å². The van der Waals surface area contributed by atoms with E-state index in [1.807, 2.05) is 30.3 Å². The largest absolute Gasteiger partial charge is 0.463 e. The number of nitrogens with zero attached hydrogens (tertiary/aromatic N) is 4. The van der Waals surface area contributed by atoms with Gasteiger partial charge < -0.3 is 28.4 Å². The fourth-order valence-corrected chi connectivity index (χ4v) is 10.7. The fraction of sp³-hybridized carbons (Fsp3) is 0.514. The minimum Gasteiger partial charge on any atom is -0.463 e. The summed E-state index contributed by atoms with van der Waals surface area (Å²) in [5.41, 5.74) is 10.9. The molecule has 1 aliphatic carbocycles. The smallest absolute Gasteiger partial charge is 0.303 e. The van der Waals surface area contributed by atoms with Crippen LogP contribution in [-0.2, 0) is 49.4 Å². The molecule has 3 heterocycles. The standard InChI is InChI=1S/C35H38N4O11S2/c1-19(40)45-18-27-29(47-20(2)41)30(48-21(3)42)28(39-32(43)24-11-7-8-12-25(24)33(39)44)34(50-27)49-23-15-26(37-38-36)31(35(16-23)51-13-14-52-35)46-17-22-9-5-4-6-10-22/h4-12,23,26-31,34H,13-18H2,1-3H3/t23-,26-,27-,28-,29-,30-,31+,34+/m1/s1. The molecule has 0 bridgehead atoms. The predicted molar refractivity (Wildman–Crippen MR) is 187 cm³/mol. The van der Waals surface area contributed by atoms with Crippen LogP contribution in [0.15, 0.2) is 59.7 Å². The van der Waals surface area contributed by atoms with Gasteiger partial charge in [0.25, 0.3) is 11.8 Å². The lowest BCUT2D eigenvalue weighted by atomic mass is 9.88. The number of amides is 2. The van der Waals surface area contributed by atoms with Gasteiger partial charge in [0.05, 0.1) is 40.1 Å². The lowest BCUT2D eigenvalue weighted by Gasteiger charge is -2.50. The zero-order chi connectivity index (χ0) is 37.0. The van der Waals surface area contributed by atoms with Crippen LogP contribution in [0.1, 0.15) is 59.9 Å². The predicted octanol–water partition coefficient (Wildman–Crippen LogP) is 4.42. The first-order chi connectivity index (χ1) is 25.0. The van der Waals surface area contributed by atoms with Crippen molar-refractivity contribution in [2.24, 2.45) is 5.11 Å². The summed E-state index contributed by atoms with van der Waals surface area (Å²) in [6.45, 7) is 3.32. The Hall–Kier alpha value is -4.12. The van der Waals surface area contributed by atoms with E-state index in [1.165, 1.54) is 19.1 Å². The van der Waals surface area contributed by atoms with Crippen LogP contribution in [0.3, 0.4) is 0 Å². The Labute approximate surface area is 307 Å². The van der Waals surface area contributed by atoms with Gasteiger partial charge in [0, 0.05) is 43.6 Å². The molecule has 0 N–H and O–H groups in total. The zero-order valence-electron chi connectivity index (χ0n) is 28.7. The minimum absolute atomic E-state index is 0.121. The van der Waals surface area contributed by atoms with Gasteiger partial charge in [0.1, 0.15) is 18.8 Å². The van der Waals surface area contributed by atoms with Crippen molar-refractivity contribution in [3.63, 3.8) is 0 Å². The molecule has 0 radical (unpaired) electrons. The molecular formula is C35H38N4O11S2. The van der Waals surface area contributed by atoms with E-state index >= 15 is 0 Å². The summed E-state index contributed by atoms with van der Waals surface area (Å²) >= 11 is 3.36. The molecule has 17 heteroatoms. The molecule has 2 amide bonds. The summed E-state index contributed by atoms with van der Waals surface area (Å²) in [6.07, 6.45) is -6.23. The monoisotopic (exact) mass is 754 g/mol. The third-order valence-corrected chi connectivity index (χ3v) is 12.7. The van der Waals surface area contributed by atoms with Gasteiger partial charge in [0.15, 0.2) is 18.5 Å². The number of azide groups is 1. The Morgan fingerprint density at radius 2 is 1.54 bits per heavy atom. The van der Waals surface area contributed by atoms with Crippen molar-refractivity contribution in [1.82, 2.24) is 4.90 Å². The lowest BCUT2D eigenvalue weighted by Crippen LogP contribution is -2.68. The Kier molecular flexibility index (Phi) is 11.8. The van der Waals surface area contributed by atoms with Gasteiger partial charge in [-0.3, -0.25) is 28.9 Å². The van der Waals surface area contributed by atoms with Crippen LogP contribution in [-0.4, -0.2) is 106 Å². The summed E-state index contributed by atoms with van der Waals surface area (Å²) < 4.78 is 35.7. The summed E-state index contributed by atoms with van der Waals surface area (Å²) in [5.74, 6) is -1.99. The maximum Gasteiger partial charge on any atom is 0.303 e. The van der Waals surface area contributed by atoms with E-state index < -0.39 is 89.3 Å². The topological polar surface area (TPSA) is 193 Å². The fourth-order valence-electron chi connectivity index (χ4n) is 7.17. The summed E-state index contributed by atoms with van der Waals surface area (Å²) in [6, 6.07) is 13.8. The van der Waals surface area contributed by atoms with E-state index in [-0.39, 0.29) is 17.5 Å². The van der Waals surface area contributed by atoms with E-state index in [4.69, 9.17) is 28.4 Å². The van der Waals surface area contributed by atoms with Crippen LogP contribution in [0.5, 0.6) is 0 Å². The number of hydrogen-bond donors (Lipinski definition) is 0. The van der Waals surface area contributed by atoms with Crippen LogP contribution in [0, 0.1) is 0 Å². The molecule has 52 heavy (non-hydrogen) atoms. The van der Waals surface area contributed by atoms with Crippen molar-refractivity contribution in [1.29, 1.82) is 0 Å². The molecule has 15 nitrogen and oxygen atoms in total. The molecule has 4 aliphatic rings. The third-order valence-electron chi connectivity index (χ3n) is 9.17. The molecule has 2 aromatic rings. The maximum absolute atomic E-state index is 14.0. The van der Waals surface area contributed by atoms with Crippen molar-refractivity contribution < 1.29 is 52.4 Å². The highest BCUT2D eigenvalue weighted by atomic mass is 32.2. The van der Waals surface area contributed by atoms with Crippen molar-refractivity contribution in [3.05, 3.63) is 81.7 Å². The van der Waals surface area contributed by atoms with Crippen LogP contribution < -0.4 is 0 Å². The van der Waals surface area contributed by atoms with E-state index in [1.54, 1.807) is 35.7 Å². The first kappa shape index (κ1) is 37.6. The van der Waals surface area contributed by atoms with Crippen molar-refractivity contribution in [2.45, 2.75) is 93.2 Å². The number of benzene rings is 2. The molecule has 276 valence electrons. The third kappa shape index (κ3) is 7.94. The number of thioether (sulfide) groups is 2. The highest BCUT2D eigenvalue weighted by Crippen LogP contribution is 2.55. The summed E-state index contributed by atoms with van der Waals surface area (Å²) in [7, 11) is 0. The zero-order valence-corrected chi connectivity index (χ0v) is 30.3. The number of fused-ring (bicyclic) bond motifs is 1. The molecule has 1 spiro atoms. The molecule has 3 aliphatic heterocycles. The molecule has 8 atom stereocenters. The number of carbonyl (C=O) groups excluding carboxylic acids is 5. The second-order valence-corrected chi connectivity index (χ2v) is 15.8. The minimum atomic E-state index is -1.49. The van der Waals surface area contributed by atoms with Gasteiger partial charge in [-0.25, -0.2) is 0 Å². The quantitative estimate of drug-likeness (QED) is 0.0783. The van der Waals surface area contributed by atoms with E-state index in [9.17, 15) is 29.5 Å². The van der Waals surface area contributed by atoms with Gasteiger partial charge in [-0.1, -0.05) is 47.6 Å². The first-order valence-corrected chi connectivity index (χ1v) is 18.7. The van der Waals surface area contributed by atoms with Crippen molar-refractivity contribution >= 4 is 53.2 Å². The molecule has 3 fully saturated rings. The molecular weight excluding hydrogens is 717 g/mol. The summed E-state index contributed by atoms with van der Waals surface area (Å²) in [4.78, 5) is 69.0. The molecule has 2 saturated heterocycles. The highest BCUT2D eigenvalue weighted by molar-refractivity contribution is 8.21. The molecule has 2 aromatic carbocycles. The van der Waals surface area contributed by atoms with Gasteiger partial charge in [-0.05, 0) is 29.6 Å². The van der Waals surface area contributed by atoms with Crippen LogP contribution in [0.4, 0.5) is 0 Å². The first-order valence-electron chi connectivity index (χ1n) is 16.7. The van der Waals surface area contributed by atoms with Crippen LogP contribution >= 0.6 is 23.5 Å². The highest BCUT2D eigenvalue weighted by Gasteiger charge is 2.59. The Morgan fingerprint density at radius 1 is 0.923 bits per heavy atom. The number of rotatable bonds is 11. The number of imide groups is 1. The van der Waals surface area contributed by atoms with Crippen LogP contribution in [0.25, 0.3) is 10.4 Å².